The second kappa shape index (κ2) is 5.76. The van der Waals surface area contributed by atoms with E-state index >= 15 is 0 Å². The molecule has 0 aliphatic carbocycles. The van der Waals surface area contributed by atoms with E-state index in [-0.39, 0.29) is 0 Å². The number of nitrogens with zero attached hydrogens (tertiary/aromatic N) is 2. The van der Waals surface area contributed by atoms with E-state index in [1.54, 1.807) is 0 Å². The van der Waals surface area contributed by atoms with Gasteiger partial charge >= 0.3 is 0 Å². The van der Waals surface area contributed by atoms with Crippen LogP contribution in [-0.4, -0.2) is 16.3 Å². The van der Waals surface area contributed by atoms with Crippen molar-refractivity contribution in [3.63, 3.8) is 0 Å². The molecule has 0 bridgehead atoms. The van der Waals surface area contributed by atoms with Crippen molar-refractivity contribution < 1.29 is 0 Å². The second-order valence-electron chi connectivity index (χ2n) is 4.89. The van der Waals surface area contributed by atoms with Gasteiger partial charge in [-0.1, -0.05) is 17.7 Å². The highest BCUT2D eigenvalue weighted by Crippen LogP contribution is 2.23. The fourth-order valence-electron chi connectivity index (χ4n) is 2.28. The molecule has 0 radical (unpaired) electrons. The average molecular weight is 278 g/mol. The Bertz CT molecular complexity index is 587. The summed E-state index contributed by atoms with van der Waals surface area (Å²) in [5.74, 6) is 0. The minimum Gasteiger partial charge on any atom is -0.330 e. The van der Waals surface area contributed by atoms with Gasteiger partial charge in [0.1, 0.15) is 0 Å². The SMILES string of the molecule is Cc1ccc(-n2nc(C)c(CCCN)c2C)cc1Cl. The summed E-state index contributed by atoms with van der Waals surface area (Å²) in [5, 5.41) is 5.39. The maximum absolute atomic E-state index is 6.19. The summed E-state index contributed by atoms with van der Waals surface area (Å²) < 4.78 is 1.96. The van der Waals surface area contributed by atoms with Crippen LogP contribution < -0.4 is 5.73 Å². The van der Waals surface area contributed by atoms with Gasteiger partial charge in [-0.25, -0.2) is 4.68 Å². The van der Waals surface area contributed by atoms with E-state index in [2.05, 4.69) is 12.0 Å². The number of nitrogens with two attached hydrogens (primary N) is 1. The first-order chi connectivity index (χ1) is 9.04. The number of hydrogen-bond donors (Lipinski definition) is 1. The molecule has 19 heavy (non-hydrogen) atoms. The van der Waals surface area contributed by atoms with Crippen molar-refractivity contribution in [2.24, 2.45) is 5.73 Å². The second-order valence-corrected chi connectivity index (χ2v) is 5.29. The third-order valence-corrected chi connectivity index (χ3v) is 3.88. The van der Waals surface area contributed by atoms with E-state index in [0.29, 0.717) is 6.54 Å². The summed E-state index contributed by atoms with van der Waals surface area (Å²) in [6.45, 7) is 6.85. The molecular weight excluding hydrogens is 258 g/mol. The molecule has 0 amide bonds. The maximum atomic E-state index is 6.19. The fraction of sp³-hybridized carbons (Fsp3) is 0.400. The Morgan fingerprint density at radius 1 is 1.26 bits per heavy atom. The van der Waals surface area contributed by atoms with Crippen LogP contribution in [-0.2, 0) is 6.42 Å². The molecule has 0 aliphatic rings. The van der Waals surface area contributed by atoms with Gasteiger partial charge in [-0.15, -0.1) is 0 Å². The maximum Gasteiger partial charge on any atom is 0.0663 e. The van der Waals surface area contributed by atoms with Crippen molar-refractivity contribution in [3.8, 4) is 5.69 Å². The van der Waals surface area contributed by atoms with Gasteiger partial charge in [-0.05, 0) is 63.4 Å². The van der Waals surface area contributed by atoms with E-state index in [1.807, 2.05) is 36.7 Å². The lowest BCUT2D eigenvalue weighted by molar-refractivity contribution is 0.815. The Hall–Kier alpha value is -1.32. The molecule has 0 fully saturated rings. The molecule has 102 valence electrons. The number of benzene rings is 1. The van der Waals surface area contributed by atoms with Crippen molar-refractivity contribution in [1.29, 1.82) is 0 Å². The van der Waals surface area contributed by atoms with Gasteiger partial charge in [0.2, 0.25) is 0 Å². The largest absolute Gasteiger partial charge is 0.330 e. The van der Waals surface area contributed by atoms with E-state index in [0.717, 1.165) is 34.8 Å². The molecule has 2 N–H and O–H groups in total. The lowest BCUT2D eigenvalue weighted by Crippen LogP contribution is -2.02. The van der Waals surface area contributed by atoms with Crippen molar-refractivity contribution in [2.75, 3.05) is 6.54 Å². The molecule has 4 heteroatoms. The number of aromatic nitrogens is 2. The molecule has 0 unspecified atom stereocenters. The van der Waals surface area contributed by atoms with Crippen LogP contribution >= 0.6 is 11.6 Å². The zero-order valence-electron chi connectivity index (χ0n) is 11.7. The number of hydrogen-bond acceptors (Lipinski definition) is 2. The Labute approximate surface area is 119 Å². The van der Waals surface area contributed by atoms with Crippen molar-refractivity contribution in [2.45, 2.75) is 33.6 Å². The summed E-state index contributed by atoms with van der Waals surface area (Å²) in [6.07, 6.45) is 1.97. The molecule has 0 saturated heterocycles. The van der Waals surface area contributed by atoms with Crippen LogP contribution in [0.1, 0.15) is 28.9 Å². The molecule has 0 aliphatic heterocycles. The predicted octanol–water partition coefficient (Wildman–Crippen LogP) is 3.34. The molecule has 1 aromatic carbocycles. The highest BCUT2D eigenvalue weighted by Gasteiger charge is 2.12. The van der Waals surface area contributed by atoms with Crippen LogP contribution in [0.15, 0.2) is 18.2 Å². The molecule has 0 spiro atoms. The molecule has 3 nitrogen and oxygen atoms in total. The first-order valence-electron chi connectivity index (χ1n) is 6.56. The highest BCUT2D eigenvalue weighted by atomic mass is 35.5. The van der Waals surface area contributed by atoms with E-state index in [9.17, 15) is 0 Å². The minimum atomic E-state index is 0.709. The van der Waals surface area contributed by atoms with Gasteiger partial charge in [0, 0.05) is 10.7 Å². The van der Waals surface area contributed by atoms with Crippen LogP contribution in [0.3, 0.4) is 0 Å². The molecule has 0 atom stereocenters. The first kappa shape index (κ1) is 14.1. The summed E-state index contributed by atoms with van der Waals surface area (Å²) >= 11 is 6.19. The van der Waals surface area contributed by atoms with Crippen molar-refractivity contribution in [3.05, 3.63) is 45.7 Å². The Morgan fingerprint density at radius 3 is 2.63 bits per heavy atom. The van der Waals surface area contributed by atoms with Crippen molar-refractivity contribution >= 4 is 11.6 Å². The predicted molar refractivity (Wildman–Crippen MR) is 80.2 cm³/mol. The smallest absolute Gasteiger partial charge is 0.0663 e. The van der Waals surface area contributed by atoms with E-state index < -0.39 is 0 Å². The zero-order chi connectivity index (χ0) is 14.0. The van der Waals surface area contributed by atoms with Gasteiger partial charge in [0.25, 0.3) is 0 Å². The summed E-state index contributed by atoms with van der Waals surface area (Å²) in [6, 6.07) is 6.03. The highest BCUT2D eigenvalue weighted by molar-refractivity contribution is 6.31. The van der Waals surface area contributed by atoms with Crippen LogP contribution in [0.2, 0.25) is 5.02 Å². The lowest BCUT2D eigenvalue weighted by Gasteiger charge is -2.07. The molecule has 0 saturated carbocycles. The van der Waals surface area contributed by atoms with Crippen LogP contribution in [0.5, 0.6) is 0 Å². The molecular formula is C15H20ClN3. The van der Waals surface area contributed by atoms with Crippen LogP contribution in [0, 0.1) is 20.8 Å². The lowest BCUT2D eigenvalue weighted by atomic mass is 10.1. The number of rotatable bonds is 4. The normalized spacial score (nSPS) is 11.0. The Morgan fingerprint density at radius 2 is 2.00 bits per heavy atom. The summed E-state index contributed by atoms with van der Waals surface area (Å²) in [4.78, 5) is 0. The zero-order valence-corrected chi connectivity index (χ0v) is 12.5. The van der Waals surface area contributed by atoms with Crippen LogP contribution in [0.4, 0.5) is 0 Å². The molecule has 1 heterocycles. The molecule has 2 aromatic rings. The molecule has 2 rings (SSSR count). The average Bonchev–Trinajstić information content (AvgIpc) is 2.66. The summed E-state index contributed by atoms with van der Waals surface area (Å²) in [7, 11) is 0. The molecule has 1 aromatic heterocycles. The summed E-state index contributed by atoms with van der Waals surface area (Å²) in [5.41, 5.74) is 11.2. The Balaban J connectivity index is 2.42. The van der Waals surface area contributed by atoms with E-state index in [1.165, 1.54) is 11.3 Å². The fourth-order valence-corrected chi connectivity index (χ4v) is 2.46. The van der Waals surface area contributed by atoms with Crippen LogP contribution in [0.25, 0.3) is 5.69 Å². The van der Waals surface area contributed by atoms with Crippen molar-refractivity contribution in [1.82, 2.24) is 9.78 Å². The monoisotopic (exact) mass is 277 g/mol. The third kappa shape index (κ3) is 2.82. The standard InChI is InChI=1S/C15H20ClN3/c1-10-6-7-13(9-15(10)16)19-12(3)14(5-4-8-17)11(2)18-19/h6-7,9H,4-5,8,17H2,1-3H3. The number of halogens is 1. The minimum absolute atomic E-state index is 0.709. The quantitative estimate of drug-likeness (QED) is 0.931. The first-order valence-corrected chi connectivity index (χ1v) is 6.94. The van der Waals surface area contributed by atoms with Gasteiger partial charge in [0.05, 0.1) is 11.4 Å². The number of aryl methyl sites for hydroxylation is 2. The van der Waals surface area contributed by atoms with Gasteiger partial charge < -0.3 is 5.73 Å². The Kier molecular flexibility index (Phi) is 4.27. The van der Waals surface area contributed by atoms with E-state index in [4.69, 9.17) is 17.3 Å². The van der Waals surface area contributed by atoms with Gasteiger partial charge in [0.15, 0.2) is 0 Å². The van der Waals surface area contributed by atoms with Gasteiger partial charge in [-0.3, -0.25) is 0 Å². The third-order valence-electron chi connectivity index (χ3n) is 3.47. The van der Waals surface area contributed by atoms with Gasteiger partial charge in [-0.2, -0.15) is 5.10 Å². The topological polar surface area (TPSA) is 43.8 Å².